The van der Waals surface area contributed by atoms with E-state index in [0.717, 1.165) is 18.9 Å². The topological polar surface area (TPSA) is 21.3 Å². The van der Waals surface area contributed by atoms with Gasteiger partial charge in [-0.3, -0.25) is 0 Å². The molecule has 1 N–H and O–H groups in total. The molecule has 2 atom stereocenters. The van der Waals surface area contributed by atoms with Gasteiger partial charge < -0.3 is 10.1 Å². The first-order chi connectivity index (χ1) is 8.97. The third-order valence-electron chi connectivity index (χ3n) is 3.39. The van der Waals surface area contributed by atoms with E-state index in [2.05, 4.69) is 5.32 Å². The Kier molecular flexibility index (Phi) is 4.47. The number of hydrogen-bond donors (Lipinski definition) is 1. The molecular weight excluding hydrogens is 255 g/mol. The van der Waals surface area contributed by atoms with Gasteiger partial charge in [0, 0.05) is 19.2 Å². The molecule has 0 saturated carbocycles. The highest BCUT2D eigenvalue weighted by molar-refractivity contribution is 5.29. The van der Waals surface area contributed by atoms with Crippen molar-refractivity contribution in [3.63, 3.8) is 0 Å². The molecule has 1 fully saturated rings. The molecule has 0 spiro atoms. The third kappa shape index (κ3) is 3.94. The van der Waals surface area contributed by atoms with Crippen molar-refractivity contribution in [2.24, 2.45) is 0 Å². The normalized spacial score (nSPS) is 24.4. The van der Waals surface area contributed by atoms with E-state index in [1.165, 1.54) is 12.1 Å². The summed E-state index contributed by atoms with van der Waals surface area (Å²) in [5, 5.41) is 3.20. The number of benzene rings is 1. The van der Waals surface area contributed by atoms with Crippen molar-refractivity contribution in [1.82, 2.24) is 5.32 Å². The second kappa shape index (κ2) is 5.92. The minimum atomic E-state index is -4.29. The van der Waals surface area contributed by atoms with Gasteiger partial charge in [-0.25, -0.2) is 0 Å². The molecule has 2 rings (SSSR count). The summed E-state index contributed by atoms with van der Waals surface area (Å²) in [4.78, 5) is 0. The van der Waals surface area contributed by atoms with Crippen LogP contribution >= 0.6 is 0 Å². The number of nitrogens with one attached hydrogen (secondary N) is 1. The van der Waals surface area contributed by atoms with E-state index >= 15 is 0 Å². The maximum atomic E-state index is 12.8. The lowest BCUT2D eigenvalue weighted by atomic mass is 10.0. The van der Waals surface area contributed by atoms with Crippen LogP contribution in [0.15, 0.2) is 24.3 Å². The lowest BCUT2D eigenvalue weighted by Gasteiger charge is -2.28. The van der Waals surface area contributed by atoms with E-state index in [4.69, 9.17) is 4.74 Å². The van der Waals surface area contributed by atoms with Gasteiger partial charge in [0.2, 0.25) is 0 Å². The van der Waals surface area contributed by atoms with Gasteiger partial charge in [0.1, 0.15) is 0 Å². The summed E-state index contributed by atoms with van der Waals surface area (Å²) < 4.78 is 43.9. The lowest BCUT2D eigenvalue weighted by Crippen LogP contribution is -2.37. The molecule has 19 heavy (non-hydrogen) atoms. The molecular formula is C14H18F3NO. The molecule has 1 aliphatic heterocycles. The zero-order valence-electron chi connectivity index (χ0n) is 10.8. The van der Waals surface area contributed by atoms with Gasteiger partial charge in [-0.05, 0) is 31.4 Å². The second-order valence-corrected chi connectivity index (χ2v) is 4.94. The predicted molar refractivity (Wildman–Crippen MR) is 66.7 cm³/mol. The van der Waals surface area contributed by atoms with Crippen molar-refractivity contribution in [1.29, 1.82) is 0 Å². The van der Waals surface area contributed by atoms with Gasteiger partial charge >= 0.3 is 6.18 Å². The first-order valence-electron chi connectivity index (χ1n) is 6.47. The highest BCUT2D eigenvalue weighted by atomic mass is 19.4. The summed E-state index contributed by atoms with van der Waals surface area (Å²) in [6.45, 7) is 2.89. The smallest absolute Gasteiger partial charge is 0.378 e. The molecule has 0 aliphatic carbocycles. The van der Waals surface area contributed by atoms with Gasteiger partial charge in [0.25, 0.3) is 0 Å². The van der Waals surface area contributed by atoms with Gasteiger partial charge in [-0.15, -0.1) is 0 Å². The fraction of sp³-hybridized carbons (Fsp3) is 0.571. The predicted octanol–water partition coefficient (Wildman–Crippen LogP) is 3.36. The van der Waals surface area contributed by atoms with Crippen LogP contribution in [0.3, 0.4) is 0 Å². The zero-order chi connectivity index (χ0) is 13.9. The standard InChI is InChI=1S/C14H18F3NO/c1-10-8-12(6-7-19-10)18-9-11-4-2-3-5-13(11)14(15,16)17/h2-5,10,12,18H,6-9H2,1H3. The third-order valence-corrected chi connectivity index (χ3v) is 3.39. The molecule has 1 aromatic rings. The van der Waals surface area contributed by atoms with Crippen LogP contribution in [0.2, 0.25) is 0 Å². The number of ether oxygens (including phenoxy) is 1. The molecule has 1 heterocycles. The zero-order valence-corrected chi connectivity index (χ0v) is 10.8. The number of rotatable bonds is 3. The molecule has 0 amide bonds. The fourth-order valence-electron chi connectivity index (χ4n) is 2.39. The summed E-state index contributed by atoms with van der Waals surface area (Å²) in [5.41, 5.74) is -0.253. The fourth-order valence-corrected chi connectivity index (χ4v) is 2.39. The minimum Gasteiger partial charge on any atom is -0.378 e. The van der Waals surface area contributed by atoms with Gasteiger partial charge in [-0.1, -0.05) is 18.2 Å². The molecule has 106 valence electrons. The van der Waals surface area contributed by atoms with Crippen LogP contribution in [0.25, 0.3) is 0 Å². The van der Waals surface area contributed by atoms with E-state index in [9.17, 15) is 13.2 Å². The van der Waals surface area contributed by atoms with Crippen molar-refractivity contribution >= 4 is 0 Å². The van der Waals surface area contributed by atoms with E-state index in [0.29, 0.717) is 12.2 Å². The molecule has 1 aromatic carbocycles. The van der Waals surface area contributed by atoms with Crippen LogP contribution in [0, 0.1) is 0 Å². The largest absolute Gasteiger partial charge is 0.416 e. The van der Waals surface area contributed by atoms with E-state index in [1.54, 1.807) is 6.07 Å². The van der Waals surface area contributed by atoms with Crippen molar-refractivity contribution in [2.45, 2.75) is 44.6 Å². The molecule has 5 heteroatoms. The SMILES string of the molecule is CC1CC(NCc2ccccc2C(F)(F)F)CCO1. The van der Waals surface area contributed by atoms with Crippen LogP contribution in [-0.2, 0) is 17.5 Å². The summed E-state index contributed by atoms with van der Waals surface area (Å²) in [6, 6.07) is 5.94. The van der Waals surface area contributed by atoms with Crippen LogP contribution in [0.1, 0.15) is 30.9 Å². The average Bonchev–Trinajstić information content (AvgIpc) is 2.36. The van der Waals surface area contributed by atoms with E-state index in [1.807, 2.05) is 6.92 Å². The number of hydrogen-bond acceptors (Lipinski definition) is 2. The summed E-state index contributed by atoms with van der Waals surface area (Å²) in [5.74, 6) is 0. The Balaban J connectivity index is 1.99. The Morgan fingerprint density at radius 1 is 1.32 bits per heavy atom. The van der Waals surface area contributed by atoms with Crippen LogP contribution in [0.4, 0.5) is 13.2 Å². The first-order valence-corrected chi connectivity index (χ1v) is 6.47. The van der Waals surface area contributed by atoms with Crippen LogP contribution < -0.4 is 5.32 Å². The van der Waals surface area contributed by atoms with Crippen molar-refractivity contribution in [3.8, 4) is 0 Å². The van der Waals surface area contributed by atoms with Crippen LogP contribution in [-0.4, -0.2) is 18.8 Å². The van der Waals surface area contributed by atoms with Crippen molar-refractivity contribution in [2.75, 3.05) is 6.61 Å². The molecule has 0 bridgehead atoms. The average molecular weight is 273 g/mol. The Morgan fingerprint density at radius 3 is 2.74 bits per heavy atom. The Labute approximate surface area is 111 Å². The first kappa shape index (κ1) is 14.3. The highest BCUT2D eigenvalue weighted by Gasteiger charge is 2.32. The Morgan fingerprint density at radius 2 is 2.05 bits per heavy atom. The summed E-state index contributed by atoms with van der Waals surface area (Å²) >= 11 is 0. The van der Waals surface area contributed by atoms with Crippen molar-refractivity contribution in [3.05, 3.63) is 35.4 Å². The maximum Gasteiger partial charge on any atom is 0.416 e. The molecule has 2 nitrogen and oxygen atoms in total. The molecule has 0 radical (unpaired) electrons. The lowest BCUT2D eigenvalue weighted by molar-refractivity contribution is -0.138. The minimum absolute atomic E-state index is 0.170. The second-order valence-electron chi connectivity index (χ2n) is 4.94. The number of halogens is 3. The summed E-state index contributed by atoms with van der Waals surface area (Å²) in [6.07, 6.45) is -2.43. The summed E-state index contributed by atoms with van der Waals surface area (Å²) in [7, 11) is 0. The van der Waals surface area contributed by atoms with Gasteiger partial charge in [-0.2, -0.15) is 13.2 Å². The molecule has 1 saturated heterocycles. The molecule has 2 unspecified atom stereocenters. The quantitative estimate of drug-likeness (QED) is 0.911. The van der Waals surface area contributed by atoms with E-state index < -0.39 is 11.7 Å². The maximum absolute atomic E-state index is 12.8. The van der Waals surface area contributed by atoms with Gasteiger partial charge in [0.15, 0.2) is 0 Å². The van der Waals surface area contributed by atoms with Gasteiger partial charge in [0.05, 0.1) is 11.7 Å². The van der Waals surface area contributed by atoms with Crippen LogP contribution in [0.5, 0.6) is 0 Å². The number of alkyl halides is 3. The Bertz CT molecular complexity index is 419. The monoisotopic (exact) mass is 273 g/mol. The van der Waals surface area contributed by atoms with Crippen molar-refractivity contribution < 1.29 is 17.9 Å². The molecule has 0 aromatic heterocycles. The van der Waals surface area contributed by atoms with E-state index in [-0.39, 0.29) is 18.7 Å². The highest BCUT2D eigenvalue weighted by Crippen LogP contribution is 2.31. The Hall–Kier alpha value is -1.07. The molecule has 1 aliphatic rings.